The van der Waals surface area contributed by atoms with Gasteiger partial charge in [-0.25, -0.2) is 4.68 Å². The molecule has 2 aromatic rings. The molecule has 1 saturated heterocycles. The first-order valence-corrected chi connectivity index (χ1v) is 7.92. The van der Waals surface area contributed by atoms with Crippen molar-refractivity contribution in [2.75, 3.05) is 6.61 Å². The van der Waals surface area contributed by atoms with Crippen LogP contribution in [0.4, 0.5) is 0 Å². The largest absolute Gasteiger partial charge is 0.376 e. The molecule has 0 aliphatic carbocycles. The van der Waals surface area contributed by atoms with Gasteiger partial charge in [-0.15, -0.1) is 0 Å². The summed E-state index contributed by atoms with van der Waals surface area (Å²) < 4.78 is 6.88. The Morgan fingerprint density at radius 1 is 1.43 bits per heavy atom. The van der Waals surface area contributed by atoms with E-state index >= 15 is 0 Å². The molecule has 122 valence electrons. The molecular weight excluding hydrogens is 294 g/mol. The number of nitrogens with one attached hydrogen (secondary N) is 1. The topological polar surface area (TPSA) is 73.2 Å². The summed E-state index contributed by atoms with van der Waals surface area (Å²) >= 11 is 0. The van der Waals surface area contributed by atoms with Gasteiger partial charge in [-0.3, -0.25) is 9.59 Å². The summed E-state index contributed by atoms with van der Waals surface area (Å²) in [6.45, 7) is 2.72. The number of hydrogen-bond acceptors (Lipinski definition) is 4. The van der Waals surface area contributed by atoms with Crippen LogP contribution in [0, 0.1) is 0 Å². The van der Waals surface area contributed by atoms with Gasteiger partial charge in [0.05, 0.1) is 29.6 Å². The SMILES string of the molecule is CC(NC(=O)Cc1nn(C)c(=O)c2ccccc12)C1CCCO1. The van der Waals surface area contributed by atoms with E-state index in [1.807, 2.05) is 25.1 Å². The molecular formula is C17H21N3O3. The van der Waals surface area contributed by atoms with Crippen molar-refractivity contribution in [3.8, 4) is 0 Å². The van der Waals surface area contributed by atoms with Crippen LogP contribution in [0.15, 0.2) is 29.1 Å². The van der Waals surface area contributed by atoms with E-state index in [9.17, 15) is 9.59 Å². The highest BCUT2D eigenvalue weighted by atomic mass is 16.5. The molecule has 23 heavy (non-hydrogen) atoms. The predicted octanol–water partition coefficient (Wildman–Crippen LogP) is 1.16. The van der Waals surface area contributed by atoms with Crippen LogP contribution in [0.2, 0.25) is 0 Å². The van der Waals surface area contributed by atoms with Crippen molar-refractivity contribution >= 4 is 16.7 Å². The average Bonchev–Trinajstić information content (AvgIpc) is 3.07. The van der Waals surface area contributed by atoms with Crippen LogP contribution >= 0.6 is 0 Å². The van der Waals surface area contributed by atoms with Gasteiger partial charge < -0.3 is 10.1 Å². The summed E-state index contributed by atoms with van der Waals surface area (Å²) in [7, 11) is 1.60. The molecule has 1 fully saturated rings. The number of nitrogens with zero attached hydrogens (tertiary/aromatic N) is 2. The summed E-state index contributed by atoms with van der Waals surface area (Å²) in [5, 5.41) is 8.55. The fraction of sp³-hybridized carbons (Fsp3) is 0.471. The van der Waals surface area contributed by atoms with E-state index in [0.717, 1.165) is 24.8 Å². The first-order chi connectivity index (χ1) is 11.1. The predicted molar refractivity (Wildman–Crippen MR) is 87.3 cm³/mol. The number of hydrogen-bond donors (Lipinski definition) is 1. The van der Waals surface area contributed by atoms with E-state index in [1.54, 1.807) is 13.1 Å². The summed E-state index contributed by atoms with van der Waals surface area (Å²) in [5.74, 6) is -0.107. The minimum Gasteiger partial charge on any atom is -0.376 e. The smallest absolute Gasteiger partial charge is 0.274 e. The Balaban J connectivity index is 1.79. The van der Waals surface area contributed by atoms with E-state index in [-0.39, 0.29) is 30.0 Å². The van der Waals surface area contributed by atoms with Crippen LogP contribution < -0.4 is 10.9 Å². The number of benzene rings is 1. The number of fused-ring (bicyclic) bond motifs is 1. The van der Waals surface area contributed by atoms with Gasteiger partial charge in [-0.05, 0) is 25.8 Å². The first kappa shape index (κ1) is 15.7. The van der Waals surface area contributed by atoms with Crippen LogP contribution in [0.1, 0.15) is 25.5 Å². The van der Waals surface area contributed by atoms with Gasteiger partial charge >= 0.3 is 0 Å². The minimum atomic E-state index is -0.155. The molecule has 1 amide bonds. The number of amides is 1. The Morgan fingerprint density at radius 3 is 2.87 bits per heavy atom. The first-order valence-electron chi connectivity index (χ1n) is 7.92. The number of carbonyl (C=O) groups excluding carboxylic acids is 1. The van der Waals surface area contributed by atoms with Crippen molar-refractivity contribution in [3.05, 3.63) is 40.3 Å². The molecule has 0 radical (unpaired) electrons. The minimum absolute atomic E-state index is 0.0243. The maximum atomic E-state index is 12.3. The molecule has 2 heterocycles. The molecule has 2 unspecified atom stereocenters. The second-order valence-electron chi connectivity index (χ2n) is 6.01. The second-order valence-corrected chi connectivity index (χ2v) is 6.01. The summed E-state index contributed by atoms with van der Waals surface area (Å²) in [6.07, 6.45) is 2.25. The zero-order valence-corrected chi connectivity index (χ0v) is 13.4. The third-order valence-corrected chi connectivity index (χ3v) is 4.27. The summed E-state index contributed by atoms with van der Waals surface area (Å²) in [5.41, 5.74) is 0.456. The van der Waals surface area contributed by atoms with Crippen molar-refractivity contribution in [1.82, 2.24) is 15.1 Å². The number of aromatic nitrogens is 2. The normalized spacial score (nSPS) is 19.0. The molecule has 1 aromatic carbocycles. The van der Waals surface area contributed by atoms with Crippen molar-refractivity contribution < 1.29 is 9.53 Å². The zero-order chi connectivity index (χ0) is 16.4. The lowest BCUT2D eigenvalue weighted by Gasteiger charge is -2.20. The van der Waals surface area contributed by atoms with Crippen LogP contribution in [-0.2, 0) is 23.0 Å². The lowest BCUT2D eigenvalue weighted by Crippen LogP contribution is -2.41. The van der Waals surface area contributed by atoms with E-state index in [0.29, 0.717) is 11.1 Å². The fourth-order valence-electron chi connectivity index (χ4n) is 3.05. The monoisotopic (exact) mass is 315 g/mol. The molecule has 6 heteroatoms. The highest BCUT2D eigenvalue weighted by Crippen LogP contribution is 2.16. The van der Waals surface area contributed by atoms with E-state index in [4.69, 9.17) is 4.74 Å². The van der Waals surface area contributed by atoms with Gasteiger partial charge in [0.15, 0.2) is 0 Å². The molecule has 3 rings (SSSR count). The fourth-order valence-corrected chi connectivity index (χ4v) is 3.05. The van der Waals surface area contributed by atoms with Gasteiger partial charge in [0, 0.05) is 19.0 Å². The highest BCUT2D eigenvalue weighted by molar-refractivity contribution is 5.88. The van der Waals surface area contributed by atoms with Gasteiger partial charge in [-0.2, -0.15) is 5.10 Å². The lowest BCUT2D eigenvalue weighted by molar-refractivity contribution is -0.121. The average molecular weight is 315 g/mol. The van der Waals surface area contributed by atoms with Crippen molar-refractivity contribution in [1.29, 1.82) is 0 Å². The summed E-state index contributed by atoms with van der Waals surface area (Å²) in [4.78, 5) is 24.4. The third-order valence-electron chi connectivity index (χ3n) is 4.27. The molecule has 2 atom stereocenters. The molecule has 1 N–H and O–H groups in total. The van der Waals surface area contributed by atoms with Crippen molar-refractivity contribution in [2.45, 2.75) is 38.3 Å². The molecule has 1 aliphatic heterocycles. The number of aryl methyl sites for hydroxylation is 1. The van der Waals surface area contributed by atoms with Gasteiger partial charge in [0.2, 0.25) is 5.91 Å². The maximum Gasteiger partial charge on any atom is 0.274 e. The number of rotatable bonds is 4. The molecule has 6 nitrogen and oxygen atoms in total. The molecule has 0 saturated carbocycles. The van der Waals surface area contributed by atoms with Crippen molar-refractivity contribution in [3.63, 3.8) is 0 Å². The Labute approximate surface area is 134 Å². The van der Waals surface area contributed by atoms with E-state index in [2.05, 4.69) is 10.4 Å². The Kier molecular flexibility index (Phi) is 4.43. The third kappa shape index (κ3) is 3.27. The molecule has 1 aliphatic rings. The van der Waals surface area contributed by atoms with Crippen LogP contribution in [0.25, 0.3) is 10.8 Å². The van der Waals surface area contributed by atoms with E-state index < -0.39 is 0 Å². The zero-order valence-electron chi connectivity index (χ0n) is 13.4. The maximum absolute atomic E-state index is 12.3. The Hall–Kier alpha value is -2.21. The number of ether oxygens (including phenoxy) is 1. The van der Waals surface area contributed by atoms with Gasteiger partial charge in [0.1, 0.15) is 0 Å². The standard InChI is InChI=1S/C17H21N3O3/c1-11(15-8-5-9-23-15)18-16(21)10-14-12-6-3-4-7-13(12)17(22)20(2)19-14/h3-4,6-7,11,15H,5,8-10H2,1-2H3,(H,18,21). The Bertz CT molecular complexity index is 778. The van der Waals surface area contributed by atoms with E-state index in [1.165, 1.54) is 4.68 Å². The molecule has 1 aromatic heterocycles. The number of carbonyl (C=O) groups is 1. The van der Waals surface area contributed by atoms with Crippen LogP contribution in [0.3, 0.4) is 0 Å². The molecule has 0 spiro atoms. The Morgan fingerprint density at radius 2 is 2.17 bits per heavy atom. The quantitative estimate of drug-likeness (QED) is 0.919. The second kappa shape index (κ2) is 6.50. The lowest BCUT2D eigenvalue weighted by atomic mass is 10.1. The van der Waals surface area contributed by atoms with Crippen LogP contribution in [-0.4, -0.2) is 34.4 Å². The van der Waals surface area contributed by atoms with Gasteiger partial charge in [0.25, 0.3) is 5.56 Å². The van der Waals surface area contributed by atoms with Crippen LogP contribution in [0.5, 0.6) is 0 Å². The van der Waals surface area contributed by atoms with Crippen molar-refractivity contribution in [2.24, 2.45) is 7.05 Å². The highest BCUT2D eigenvalue weighted by Gasteiger charge is 2.24. The molecule has 0 bridgehead atoms. The summed E-state index contributed by atoms with van der Waals surface area (Å²) in [6, 6.07) is 7.22. The van der Waals surface area contributed by atoms with Gasteiger partial charge in [-0.1, -0.05) is 18.2 Å².